The van der Waals surface area contributed by atoms with Crippen LogP contribution < -0.4 is 15.0 Å². The molecule has 0 bridgehead atoms. The summed E-state index contributed by atoms with van der Waals surface area (Å²) in [7, 11) is 1.60. The molecule has 3 aromatic rings. The summed E-state index contributed by atoms with van der Waals surface area (Å²) in [6.07, 6.45) is 3.91. The summed E-state index contributed by atoms with van der Waals surface area (Å²) in [5, 5.41) is 3.02. The summed E-state index contributed by atoms with van der Waals surface area (Å²) in [4.78, 5) is 43.7. The van der Waals surface area contributed by atoms with E-state index in [0.717, 1.165) is 21.3 Å². The average molecular weight is 543 g/mol. The monoisotopic (exact) mass is 542 g/mol. The molecule has 4 atom stereocenters. The maximum Gasteiger partial charge on any atom is 0.238 e. The first kappa shape index (κ1) is 22.7. The van der Waals surface area contributed by atoms with Crippen LogP contribution in [0, 0.1) is 5.92 Å². The number of carbonyl (C=O) groups is 3. The Bertz CT molecular complexity index is 1460. The van der Waals surface area contributed by atoms with Gasteiger partial charge in [0.1, 0.15) is 11.2 Å². The molecular formula is C29H23BrN2O4. The van der Waals surface area contributed by atoms with Crippen LogP contribution in [0.2, 0.25) is 0 Å². The zero-order valence-electron chi connectivity index (χ0n) is 19.7. The Morgan fingerprint density at radius 3 is 2.53 bits per heavy atom. The number of ketones is 2. The molecule has 3 heterocycles. The first-order valence-electron chi connectivity index (χ1n) is 11.7. The summed E-state index contributed by atoms with van der Waals surface area (Å²) in [6, 6.07) is 18.8. The van der Waals surface area contributed by atoms with Crippen LogP contribution in [-0.2, 0) is 15.0 Å². The van der Waals surface area contributed by atoms with Gasteiger partial charge in [-0.3, -0.25) is 14.4 Å². The van der Waals surface area contributed by atoms with Gasteiger partial charge in [-0.15, -0.1) is 0 Å². The van der Waals surface area contributed by atoms with E-state index in [9.17, 15) is 14.4 Å². The van der Waals surface area contributed by atoms with E-state index in [1.807, 2.05) is 59.5 Å². The number of methoxy groups -OCH3 is 1. The van der Waals surface area contributed by atoms with E-state index in [0.29, 0.717) is 17.0 Å². The topological polar surface area (TPSA) is 75.7 Å². The second-order valence-electron chi connectivity index (χ2n) is 9.41. The van der Waals surface area contributed by atoms with Crippen molar-refractivity contribution in [2.45, 2.75) is 24.4 Å². The number of anilines is 2. The normalized spacial score (nSPS) is 25.2. The van der Waals surface area contributed by atoms with Gasteiger partial charge in [-0.25, -0.2) is 0 Å². The minimum absolute atomic E-state index is 0.165. The van der Waals surface area contributed by atoms with E-state index < -0.39 is 23.4 Å². The number of fused-ring (bicyclic) bond motifs is 6. The second kappa shape index (κ2) is 8.17. The van der Waals surface area contributed by atoms with Gasteiger partial charge in [0.2, 0.25) is 5.91 Å². The van der Waals surface area contributed by atoms with Crippen molar-refractivity contribution in [3.8, 4) is 5.75 Å². The van der Waals surface area contributed by atoms with E-state index in [4.69, 9.17) is 4.74 Å². The van der Waals surface area contributed by atoms with Crippen molar-refractivity contribution in [1.29, 1.82) is 0 Å². The molecule has 1 spiro atoms. The Labute approximate surface area is 217 Å². The van der Waals surface area contributed by atoms with Gasteiger partial charge in [-0.2, -0.15) is 0 Å². The van der Waals surface area contributed by atoms with Crippen molar-refractivity contribution in [2.24, 2.45) is 5.92 Å². The zero-order chi connectivity index (χ0) is 25.2. The quantitative estimate of drug-likeness (QED) is 0.468. The van der Waals surface area contributed by atoms with E-state index in [1.54, 1.807) is 31.4 Å². The van der Waals surface area contributed by atoms with Crippen LogP contribution in [0.5, 0.6) is 5.75 Å². The van der Waals surface area contributed by atoms with Gasteiger partial charge in [0.15, 0.2) is 11.6 Å². The van der Waals surface area contributed by atoms with Crippen LogP contribution in [0.3, 0.4) is 0 Å². The lowest BCUT2D eigenvalue weighted by atomic mass is 9.64. The Kier molecular flexibility index (Phi) is 5.16. The van der Waals surface area contributed by atoms with Gasteiger partial charge in [0, 0.05) is 27.0 Å². The minimum atomic E-state index is -1.27. The lowest BCUT2D eigenvalue weighted by molar-refractivity contribution is -0.122. The fourth-order valence-electron chi connectivity index (χ4n) is 6.23. The van der Waals surface area contributed by atoms with Gasteiger partial charge in [0.25, 0.3) is 0 Å². The fraction of sp³-hybridized carbons (Fsp3) is 0.207. The first-order valence-corrected chi connectivity index (χ1v) is 12.5. The predicted molar refractivity (Wildman–Crippen MR) is 141 cm³/mol. The summed E-state index contributed by atoms with van der Waals surface area (Å²) in [5.74, 6) is -0.896. The lowest BCUT2D eigenvalue weighted by Gasteiger charge is -2.37. The van der Waals surface area contributed by atoms with Gasteiger partial charge < -0.3 is 15.0 Å². The van der Waals surface area contributed by atoms with Gasteiger partial charge in [-0.05, 0) is 48.9 Å². The Morgan fingerprint density at radius 2 is 1.81 bits per heavy atom. The van der Waals surface area contributed by atoms with Crippen molar-refractivity contribution >= 4 is 50.9 Å². The molecule has 3 aliphatic rings. The number of nitrogens with zero attached hydrogens (tertiary/aromatic N) is 1. The van der Waals surface area contributed by atoms with Crippen molar-refractivity contribution in [2.75, 3.05) is 17.3 Å². The summed E-state index contributed by atoms with van der Waals surface area (Å²) in [5.41, 5.74) is 2.27. The third-order valence-corrected chi connectivity index (χ3v) is 8.20. The standard InChI is InChI=1S/C29H23BrN2O4/c1-16(33)26-25(27(34)17-7-10-19(30)11-8-17)29(21-5-3-4-6-22(21)31-28(29)35)24-14-9-18-15-20(36-2)12-13-23(18)32(24)26/h3-15,24-26H,1-2H3,(H,31,35)/t24-,25+,26+,29+/m0/s1. The summed E-state index contributed by atoms with van der Waals surface area (Å²) in [6.45, 7) is 1.50. The van der Waals surface area contributed by atoms with E-state index >= 15 is 0 Å². The number of rotatable bonds is 4. The van der Waals surface area contributed by atoms with E-state index in [1.165, 1.54) is 6.92 Å². The smallest absolute Gasteiger partial charge is 0.238 e. The van der Waals surface area contributed by atoms with Crippen LogP contribution in [-0.4, -0.2) is 36.7 Å². The molecule has 3 aromatic carbocycles. The van der Waals surface area contributed by atoms with Gasteiger partial charge in [0.05, 0.1) is 25.1 Å². The molecule has 1 amide bonds. The average Bonchev–Trinajstić information content (AvgIpc) is 3.36. The highest BCUT2D eigenvalue weighted by Gasteiger charge is 2.69. The zero-order valence-corrected chi connectivity index (χ0v) is 21.3. The molecule has 1 N–H and O–H groups in total. The molecule has 180 valence electrons. The molecule has 1 saturated heterocycles. The van der Waals surface area contributed by atoms with Crippen LogP contribution in [0.4, 0.5) is 11.4 Å². The highest BCUT2D eigenvalue weighted by Crippen LogP contribution is 2.57. The van der Waals surface area contributed by atoms with Crippen molar-refractivity contribution in [3.63, 3.8) is 0 Å². The molecule has 0 unspecified atom stereocenters. The molecule has 0 radical (unpaired) electrons. The number of halogens is 1. The lowest BCUT2D eigenvalue weighted by Crippen LogP contribution is -2.51. The first-order chi connectivity index (χ1) is 17.4. The van der Waals surface area contributed by atoms with Crippen molar-refractivity contribution in [3.05, 3.63) is 94.0 Å². The molecule has 6 rings (SSSR count). The van der Waals surface area contributed by atoms with E-state index in [2.05, 4.69) is 21.2 Å². The number of benzene rings is 3. The van der Waals surface area contributed by atoms with Crippen molar-refractivity contribution in [1.82, 2.24) is 0 Å². The maximum absolute atomic E-state index is 14.3. The van der Waals surface area contributed by atoms with Gasteiger partial charge in [-0.1, -0.05) is 58.4 Å². The Balaban J connectivity index is 1.64. The third kappa shape index (κ3) is 2.99. The number of nitrogens with one attached hydrogen (secondary N) is 1. The number of amides is 1. The number of hydrogen-bond acceptors (Lipinski definition) is 5. The molecule has 0 aromatic heterocycles. The van der Waals surface area contributed by atoms with Crippen LogP contribution >= 0.6 is 15.9 Å². The highest BCUT2D eigenvalue weighted by atomic mass is 79.9. The number of hydrogen-bond donors (Lipinski definition) is 1. The minimum Gasteiger partial charge on any atom is -0.497 e. The van der Waals surface area contributed by atoms with Crippen LogP contribution in [0.15, 0.2) is 77.3 Å². The summed E-state index contributed by atoms with van der Waals surface area (Å²) < 4.78 is 6.25. The van der Waals surface area contributed by atoms with Crippen LogP contribution in [0.1, 0.15) is 28.4 Å². The highest BCUT2D eigenvalue weighted by molar-refractivity contribution is 9.10. The molecule has 7 heteroatoms. The van der Waals surface area contributed by atoms with E-state index in [-0.39, 0.29) is 17.5 Å². The molecule has 0 saturated carbocycles. The second-order valence-corrected chi connectivity index (χ2v) is 10.3. The fourth-order valence-corrected chi connectivity index (χ4v) is 6.50. The molecule has 1 fully saturated rings. The van der Waals surface area contributed by atoms with Crippen LogP contribution in [0.25, 0.3) is 6.08 Å². The molecular weight excluding hydrogens is 520 g/mol. The number of carbonyl (C=O) groups excluding carboxylic acids is 3. The Morgan fingerprint density at radius 1 is 1.06 bits per heavy atom. The number of para-hydroxylation sites is 1. The molecule has 0 aliphatic carbocycles. The number of ether oxygens (including phenoxy) is 1. The number of Topliss-reactive ketones (excluding diaryl/α,β-unsaturated/α-hetero) is 2. The Hall–Kier alpha value is -3.71. The maximum atomic E-state index is 14.3. The SMILES string of the molecule is COc1ccc2c(c1)C=C[C@@H]1N2[C@H](C(C)=O)[C@H](C(=O)c2ccc(Br)cc2)[C@]12C(=O)Nc1ccccc12. The summed E-state index contributed by atoms with van der Waals surface area (Å²) >= 11 is 3.43. The van der Waals surface area contributed by atoms with Gasteiger partial charge >= 0.3 is 0 Å². The molecule has 6 nitrogen and oxygen atoms in total. The molecule has 3 aliphatic heterocycles. The molecule has 36 heavy (non-hydrogen) atoms. The predicted octanol–water partition coefficient (Wildman–Crippen LogP) is 5.02. The largest absolute Gasteiger partial charge is 0.497 e. The third-order valence-electron chi connectivity index (χ3n) is 7.67. The van der Waals surface area contributed by atoms with Crippen molar-refractivity contribution < 1.29 is 19.1 Å².